The topological polar surface area (TPSA) is 96.8 Å². The van der Waals surface area contributed by atoms with Gasteiger partial charge >= 0.3 is 12.1 Å². The first-order valence-electron chi connectivity index (χ1n) is 13.8. The molecule has 0 amide bonds. The molecule has 3 aromatic rings. The largest absolute Gasteiger partial charge is 0.510 e. The van der Waals surface area contributed by atoms with Gasteiger partial charge in [-0.2, -0.15) is 21.6 Å². The number of ether oxygens (including phenoxy) is 1. The number of esters is 1. The summed E-state index contributed by atoms with van der Waals surface area (Å²) in [4.78, 5) is 17.3. The molecule has 1 aromatic heterocycles. The van der Waals surface area contributed by atoms with Crippen molar-refractivity contribution in [2.75, 3.05) is 6.54 Å². The van der Waals surface area contributed by atoms with Crippen molar-refractivity contribution in [1.82, 2.24) is 9.29 Å². The second kappa shape index (κ2) is 12.6. The Morgan fingerprint density at radius 1 is 1.00 bits per heavy atom. The van der Waals surface area contributed by atoms with Crippen LogP contribution in [0.3, 0.4) is 0 Å². The van der Waals surface area contributed by atoms with E-state index < -0.39 is 49.8 Å². The number of carbonyl (C=O) groups excluding carboxylic acids is 1. The van der Waals surface area contributed by atoms with Gasteiger partial charge in [0.25, 0.3) is 10.0 Å². The number of alkyl halides is 3. The summed E-state index contributed by atoms with van der Waals surface area (Å²) in [5.74, 6) is -1.46. The van der Waals surface area contributed by atoms with Crippen LogP contribution in [-0.4, -0.2) is 40.9 Å². The molecular formula is C31H33F3N2O5S. The molecule has 1 aliphatic rings. The molecule has 0 fully saturated rings. The number of pyridine rings is 1. The second-order valence-corrected chi connectivity index (χ2v) is 12.1. The van der Waals surface area contributed by atoms with Crippen LogP contribution in [-0.2, 0) is 32.2 Å². The Morgan fingerprint density at radius 3 is 2.21 bits per heavy atom. The fourth-order valence-corrected chi connectivity index (χ4v) is 6.90. The van der Waals surface area contributed by atoms with E-state index in [1.54, 1.807) is 25.1 Å². The molecule has 1 atom stereocenters. The van der Waals surface area contributed by atoms with Gasteiger partial charge in [0.05, 0.1) is 5.56 Å². The summed E-state index contributed by atoms with van der Waals surface area (Å²) in [7, 11) is -4.74. The first-order chi connectivity index (χ1) is 19.9. The van der Waals surface area contributed by atoms with Gasteiger partial charge < -0.3 is 9.84 Å². The zero-order valence-electron chi connectivity index (χ0n) is 23.4. The van der Waals surface area contributed by atoms with Crippen LogP contribution in [0, 0.1) is 0 Å². The lowest BCUT2D eigenvalue weighted by atomic mass is 9.84. The van der Waals surface area contributed by atoms with Crippen molar-refractivity contribution in [2.45, 2.75) is 69.2 Å². The standard InChI is InChI=1S/C31H33F3N2O5S/c1-3-16-30(17-15-22-11-7-5-8-12-22)20-26(37)27(29(38)41-30)36(18-4-2)42(39,40)28-25(23-13-9-6-10-14-23)19-24(21-35-28)31(32,33)34/h5-14,19,21,37H,3-4,15-18,20H2,1-2H3. The van der Waals surface area contributed by atoms with Crippen LogP contribution in [0.1, 0.15) is 57.1 Å². The molecule has 1 N–H and O–H groups in total. The Balaban J connectivity index is 1.78. The fraction of sp³-hybridized carbons (Fsp3) is 0.355. The number of cyclic esters (lactones) is 1. The highest BCUT2D eigenvalue weighted by Crippen LogP contribution is 2.40. The van der Waals surface area contributed by atoms with E-state index in [1.807, 2.05) is 37.3 Å². The summed E-state index contributed by atoms with van der Waals surface area (Å²) in [5, 5.41) is 10.6. The number of nitrogens with zero attached hydrogens (tertiary/aromatic N) is 2. The summed E-state index contributed by atoms with van der Waals surface area (Å²) in [6.07, 6.45) is -2.10. The highest BCUT2D eigenvalue weighted by molar-refractivity contribution is 7.89. The summed E-state index contributed by atoms with van der Waals surface area (Å²) < 4.78 is 75.6. The van der Waals surface area contributed by atoms with Crippen LogP contribution in [0.15, 0.2) is 89.4 Å². The quantitative estimate of drug-likeness (QED) is 0.236. The van der Waals surface area contributed by atoms with E-state index in [9.17, 15) is 31.5 Å². The first-order valence-corrected chi connectivity index (χ1v) is 15.2. The monoisotopic (exact) mass is 602 g/mol. The maximum atomic E-state index is 14.1. The summed E-state index contributed by atoms with van der Waals surface area (Å²) >= 11 is 0. The summed E-state index contributed by atoms with van der Waals surface area (Å²) in [5.41, 5.74) is -1.78. The molecule has 0 bridgehead atoms. The number of benzene rings is 2. The van der Waals surface area contributed by atoms with Crippen LogP contribution in [0.5, 0.6) is 0 Å². The Morgan fingerprint density at radius 2 is 1.64 bits per heavy atom. The van der Waals surface area contributed by atoms with Gasteiger partial charge in [-0.3, -0.25) is 4.31 Å². The molecule has 0 aliphatic carbocycles. The fourth-order valence-electron chi connectivity index (χ4n) is 5.21. The van der Waals surface area contributed by atoms with E-state index in [2.05, 4.69) is 4.98 Å². The van der Waals surface area contributed by atoms with Gasteiger partial charge in [-0.1, -0.05) is 80.9 Å². The molecule has 0 radical (unpaired) electrons. The van der Waals surface area contributed by atoms with E-state index in [0.29, 0.717) is 36.2 Å². The SMILES string of the molecule is CCCN(C1=C(O)CC(CCC)(CCc2ccccc2)OC1=O)S(=O)(=O)c1ncc(C(F)(F)F)cc1-c1ccccc1. The van der Waals surface area contributed by atoms with Crippen LogP contribution in [0.4, 0.5) is 13.2 Å². The normalized spacial score (nSPS) is 17.7. The molecule has 7 nitrogen and oxygen atoms in total. The highest BCUT2D eigenvalue weighted by atomic mass is 32.2. The minimum atomic E-state index is -4.77. The third-order valence-electron chi connectivity index (χ3n) is 7.16. The number of sulfonamides is 1. The van der Waals surface area contributed by atoms with Gasteiger partial charge in [0, 0.05) is 24.7 Å². The van der Waals surface area contributed by atoms with Crippen LogP contribution in [0.25, 0.3) is 11.1 Å². The maximum absolute atomic E-state index is 14.1. The summed E-state index contributed by atoms with van der Waals surface area (Å²) in [6, 6.07) is 18.0. The van der Waals surface area contributed by atoms with Crippen molar-refractivity contribution in [3.8, 4) is 11.1 Å². The molecule has 2 heterocycles. The van der Waals surface area contributed by atoms with E-state index in [-0.39, 0.29) is 30.5 Å². The van der Waals surface area contributed by atoms with Crippen molar-refractivity contribution in [1.29, 1.82) is 0 Å². The smallest absolute Gasteiger partial charge is 0.417 e. The molecule has 224 valence electrons. The number of halogens is 3. The molecule has 2 aromatic carbocycles. The molecule has 1 aliphatic heterocycles. The Kier molecular flexibility index (Phi) is 9.30. The average Bonchev–Trinajstić information content (AvgIpc) is 2.96. The molecule has 11 heteroatoms. The number of hydrogen-bond donors (Lipinski definition) is 1. The van der Waals surface area contributed by atoms with E-state index in [1.165, 1.54) is 12.1 Å². The number of aromatic nitrogens is 1. The number of aliphatic hydroxyl groups is 1. The van der Waals surface area contributed by atoms with Gasteiger partial charge in [0.2, 0.25) is 0 Å². The molecular weight excluding hydrogens is 569 g/mol. The molecule has 0 spiro atoms. The number of rotatable bonds is 11. The minimum absolute atomic E-state index is 0.101. The number of hydrogen-bond acceptors (Lipinski definition) is 6. The van der Waals surface area contributed by atoms with E-state index in [0.717, 1.165) is 11.6 Å². The molecule has 1 unspecified atom stereocenters. The predicted octanol–water partition coefficient (Wildman–Crippen LogP) is 7.06. The number of aliphatic hydroxyl groups excluding tert-OH is 1. The average molecular weight is 603 g/mol. The van der Waals surface area contributed by atoms with Crippen LogP contribution in [0.2, 0.25) is 0 Å². The van der Waals surface area contributed by atoms with Gasteiger partial charge in [-0.25, -0.2) is 9.78 Å². The summed E-state index contributed by atoms with van der Waals surface area (Å²) in [6.45, 7) is 3.36. The highest BCUT2D eigenvalue weighted by Gasteiger charge is 2.46. The van der Waals surface area contributed by atoms with Crippen molar-refractivity contribution >= 4 is 16.0 Å². The number of aryl methyl sites for hydroxylation is 1. The lowest BCUT2D eigenvalue weighted by Crippen LogP contribution is -2.46. The first kappa shape index (κ1) is 31.1. The van der Waals surface area contributed by atoms with Gasteiger partial charge in [-0.05, 0) is 42.9 Å². The lowest BCUT2D eigenvalue weighted by molar-refractivity contribution is -0.162. The third kappa shape index (κ3) is 6.61. The Hall–Kier alpha value is -3.86. The maximum Gasteiger partial charge on any atom is 0.417 e. The molecule has 0 saturated heterocycles. The molecule has 0 saturated carbocycles. The predicted molar refractivity (Wildman–Crippen MR) is 152 cm³/mol. The van der Waals surface area contributed by atoms with Gasteiger partial charge in [-0.15, -0.1) is 0 Å². The molecule has 42 heavy (non-hydrogen) atoms. The zero-order chi connectivity index (χ0) is 30.5. The van der Waals surface area contributed by atoms with Crippen LogP contribution < -0.4 is 0 Å². The Labute approximate surface area is 243 Å². The number of carbonyl (C=O) groups is 1. The lowest BCUT2D eigenvalue weighted by Gasteiger charge is -2.39. The van der Waals surface area contributed by atoms with E-state index in [4.69, 9.17) is 4.74 Å². The third-order valence-corrected chi connectivity index (χ3v) is 8.92. The van der Waals surface area contributed by atoms with Crippen molar-refractivity contribution in [3.63, 3.8) is 0 Å². The van der Waals surface area contributed by atoms with Gasteiger partial charge in [0.1, 0.15) is 11.4 Å². The van der Waals surface area contributed by atoms with Crippen molar-refractivity contribution < 1.29 is 36.2 Å². The van der Waals surface area contributed by atoms with Crippen molar-refractivity contribution in [3.05, 3.63) is 95.5 Å². The Bertz CT molecular complexity index is 1540. The van der Waals surface area contributed by atoms with E-state index >= 15 is 0 Å². The second-order valence-electron chi connectivity index (χ2n) is 10.3. The minimum Gasteiger partial charge on any atom is -0.510 e. The molecule has 4 rings (SSSR count). The van der Waals surface area contributed by atoms with Crippen LogP contribution >= 0.6 is 0 Å². The zero-order valence-corrected chi connectivity index (χ0v) is 24.2. The van der Waals surface area contributed by atoms with Gasteiger partial charge in [0.15, 0.2) is 10.7 Å². The van der Waals surface area contributed by atoms with Crippen molar-refractivity contribution in [2.24, 2.45) is 0 Å².